The van der Waals surface area contributed by atoms with Crippen molar-refractivity contribution < 1.29 is 4.79 Å². The van der Waals surface area contributed by atoms with Crippen molar-refractivity contribution in [1.82, 2.24) is 9.78 Å². The van der Waals surface area contributed by atoms with Gasteiger partial charge in [-0.2, -0.15) is 5.10 Å². The molecule has 1 saturated carbocycles. The molecule has 2 aliphatic rings. The number of aromatic nitrogens is 2. The summed E-state index contributed by atoms with van der Waals surface area (Å²) < 4.78 is 1.80. The van der Waals surface area contributed by atoms with Gasteiger partial charge in [-0.25, -0.2) is 0 Å². The molecule has 0 saturated heterocycles. The van der Waals surface area contributed by atoms with Crippen LogP contribution in [0, 0.1) is 12.3 Å². The average Bonchev–Trinajstić information content (AvgIpc) is 2.80. The minimum absolute atomic E-state index is 0.164. The van der Waals surface area contributed by atoms with Crippen LogP contribution in [-0.4, -0.2) is 22.2 Å². The Bertz CT molecular complexity index is 471. The summed E-state index contributed by atoms with van der Waals surface area (Å²) in [5.74, 6) is 1.09. The maximum atomic E-state index is 12.4. The molecule has 1 aromatic heterocycles. The molecule has 2 heterocycles. The largest absolute Gasteiger partial charge is 0.367 e. The van der Waals surface area contributed by atoms with Crippen LogP contribution in [0.1, 0.15) is 31.4 Å². The average molecular weight is 234 g/mol. The van der Waals surface area contributed by atoms with Gasteiger partial charge in [-0.15, -0.1) is 0 Å². The van der Waals surface area contributed by atoms with Gasteiger partial charge in [-0.3, -0.25) is 9.48 Å². The van der Waals surface area contributed by atoms with Crippen molar-refractivity contribution in [3.8, 4) is 0 Å². The predicted octanol–water partition coefficient (Wildman–Crippen LogP) is 1.65. The molecule has 1 aliphatic heterocycles. The molecule has 1 aromatic rings. The summed E-state index contributed by atoms with van der Waals surface area (Å²) in [4.78, 5) is 12.4. The zero-order valence-corrected chi connectivity index (χ0v) is 10.3. The molecular weight excluding hydrogens is 216 g/mol. The van der Waals surface area contributed by atoms with E-state index in [1.165, 1.54) is 0 Å². The number of carbonyl (C=O) groups excluding carboxylic acids is 1. The number of nitrogens with one attached hydrogen (secondary N) is 2. The van der Waals surface area contributed by atoms with E-state index < -0.39 is 0 Å². The van der Waals surface area contributed by atoms with E-state index in [1.54, 1.807) is 4.68 Å². The van der Waals surface area contributed by atoms with Crippen LogP contribution < -0.4 is 10.6 Å². The Morgan fingerprint density at radius 1 is 1.35 bits per heavy atom. The molecule has 0 aromatic carbocycles. The highest BCUT2D eigenvalue weighted by molar-refractivity contribution is 6.00. The summed E-state index contributed by atoms with van der Waals surface area (Å²) in [5.41, 5.74) is 1.52. The normalized spacial score (nSPS) is 21.9. The summed E-state index contributed by atoms with van der Waals surface area (Å²) in [7, 11) is 1.90. The zero-order chi connectivity index (χ0) is 12.0. The molecule has 5 heteroatoms. The lowest BCUT2D eigenvalue weighted by atomic mass is 9.85. The Morgan fingerprint density at radius 2 is 2.06 bits per heavy atom. The number of nitrogens with zero attached hydrogens (tertiary/aromatic N) is 2. The Balaban J connectivity index is 1.99. The Morgan fingerprint density at radius 3 is 2.76 bits per heavy atom. The minimum atomic E-state index is -0.203. The van der Waals surface area contributed by atoms with Crippen LogP contribution in [-0.2, 0) is 11.8 Å². The summed E-state index contributed by atoms with van der Waals surface area (Å²) >= 11 is 0. The number of hydrogen-bond acceptors (Lipinski definition) is 3. The lowest BCUT2D eigenvalue weighted by Gasteiger charge is -2.25. The van der Waals surface area contributed by atoms with Crippen LogP contribution in [0.5, 0.6) is 0 Å². The van der Waals surface area contributed by atoms with Crippen molar-refractivity contribution in [3.05, 3.63) is 5.69 Å². The fourth-order valence-electron chi connectivity index (χ4n) is 3.05. The maximum absolute atomic E-state index is 12.4. The SMILES string of the molecule is Cc1nn(C)c2c1NC(=O)C1(CCCC1)CN2. The first-order valence-corrected chi connectivity index (χ1v) is 6.21. The molecule has 0 unspecified atom stereocenters. The van der Waals surface area contributed by atoms with Gasteiger partial charge >= 0.3 is 0 Å². The highest BCUT2D eigenvalue weighted by atomic mass is 16.2. The number of amides is 1. The summed E-state index contributed by atoms with van der Waals surface area (Å²) in [6.07, 6.45) is 4.30. The van der Waals surface area contributed by atoms with E-state index in [1.807, 2.05) is 14.0 Å². The summed E-state index contributed by atoms with van der Waals surface area (Å²) in [6.45, 7) is 2.65. The van der Waals surface area contributed by atoms with Gasteiger partial charge in [-0.1, -0.05) is 12.8 Å². The topological polar surface area (TPSA) is 59.0 Å². The van der Waals surface area contributed by atoms with E-state index in [0.717, 1.165) is 49.4 Å². The van der Waals surface area contributed by atoms with E-state index >= 15 is 0 Å². The molecule has 1 fully saturated rings. The van der Waals surface area contributed by atoms with Crippen molar-refractivity contribution in [1.29, 1.82) is 0 Å². The third-order valence-corrected chi connectivity index (χ3v) is 4.10. The smallest absolute Gasteiger partial charge is 0.232 e. The standard InChI is InChI=1S/C12H18N4O/c1-8-9-10(16(2)15-8)13-7-12(11(17)14-9)5-3-4-6-12/h13H,3-7H2,1-2H3,(H,14,17). The Labute approximate surface area is 101 Å². The van der Waals surface area contributed by atoms with Crippen molar-refractivity contribution in [2.45, 2.75) is 32.6 Å². The van der Waals surface area contributed by atoms with Crippen LogP contribution in [0.4, 0.5) is 11.5 Å². The molecule has 0 radical (unpaired) electrons. The van der Waals surface area contributed by atoms with Crippen molar-refractivity contribution in [2.24, 2.45) is 12.5 Å². The first-order chi connectivity index (χ1) is 8.12. The molecule has 1 aliphatic carbocycles. The van der Waals surface area contributed by atoms with E-state index in [2.05, 4.69) is 15.7 Å². The number of rotatable bonds is 0. The number of fused-ring (bicyclic) bond motifs is 1. The summed E-state index contributed by atoms with van der Waals surface area (Å²) in [6, 6.07) is 0. The first kappa shape index (κ1) is 10.6. The summed E-state index contributed by atoms with van der Waals surface area (Å²) in [5, 5.41) is 10.8. The van der Waals surface area contributed by atoms with Crippen LogP contribution in [0.15, 0.2) is 0 Å². The minimum Gasteiger partial charge on any atom is -0.367 e. The van der Waals surface area contributed by atoms with Gasteiger partial charge in [0.15, 0.2) is 0 Å². The second-order valence-electron chi connectivity index (χ2n) is 5.23. The van der Waals surface area contributed by atoms with E-state index in [0.29, 0.717) is 0 Å². The maximum Gasteiger partial charge on any atom is 0.232 e. The second-order valence-corrected chi connectivity index (χ2v) is 5.23. The molecule has 17 heavy (non-hydrogen) atoms. The molecule has 0 bridgehead atoms. The zero-order valence-electron chi connectivity index (χ0n) is 10.3. The first-order valence-electron chi connectivity index (χ1n) is 6.21. The Kier molecular flexibility index (Phi) is 2.18. The van der Waals surface area contributed by atoms with Gasteiger partial charge < -0.3 is 10.6 Å². The lowest BCUT2D eigenvalue weighted by molar-refractivity contribution is -0.124. The van der Waals surface area contributed by atoms with Gasteiger partial charge in [0.2, 0.25) is 5.91 Å². The molecule has 92 valence electrons. The van der Waals surface area contributed by atoms with Crippen LogP contribution >= 0.6 is 0 Å². The highest BCUT2D eigenvalue weighted by Crippen LogP contribution is 2.42. The molecule has 5 nitrogen and oxygen atoms in total. The third kappa shape index (κ3) is 1.45. The lowest BCUT2D eigenvalue weighted by Crippen LogP contribution is -2.37. The van der Waals surface area contributed by atoms with Crippen LogP contribution in [0.3, 0.4) is 0 Å². The van der Waals surface area contributed by atoms with E-state index in [-0.39, 0.29) is 11.3 Å². The number of aryl methyl sites for hydroxylation is 2. The van der Waals surface area contributed by atoms with Crippen LogP contribution in [0.25, 0.3) is 0 Å². The second kappa shape index (κ2) is 3.48. The molecule has 0 atom stereocenters. The van der Waals surface area contributed by atoms with Gasteiger partial charge in [0.25, 0.3) is 0 Å². The molecule has 2 N–H and O–H groups in total. The van der Waals surface area contributed by atoms with Gasteiger partial charge in [0, 0.05) is 13.6 Å². The Hall–Kier alpha value is -1.52. The molecule has 1 spiro atoms. The van der Waals surface area contributed by atoms with Crippen LogP contribution in [0.2, 0.25) is 0 Å². The molecule has 3 rings (SSSR count). The molecule has 1 amide bonds. The van der Waals surface area contributed by atoms with Crippen molar-refractivity contribution >= 4 is 17.4 Å². The van der Waals surface area contributed by atoms with E-state index in [4.69, 9.17) is 0 Å². The fraction of sp³-hybridized carbons (Fsp3) is 0.667. The van der Waals surface area contributed by atoms with E-state index in [9.17, 15) is 4.79 Å². The number of carbonyl (C=O) groups is 1. The van der Waals surface area contributed by atoms with Gasteiger partial charge in [0.05, 0.1) is 11.1 Å². The van der Waals surface area contributed by atoms with Crippen molar-refractivity contribution in [3.63, 3.8) is 0 Å². The van der Waals surface area contributed by atoms with Gasteiger partial charge in [0.1, 0.15) is 11.5 Å². The predicted molar refractivity (Wildman–Crippen MR) is 66.0 cm³/mol. The monoisotopic (exact) mass is 234 g/mol. The van der Waals surface area contributed by atoms with Crippen molar-refractivity contribution in [2.75, 3.05) is 17.2 Å². The third-order valence-electron chi connectivity index (χ3n) is 4.10. The quantitative estimate of drug-likeness (QED) is 0.717. The number of anilines is 2. The molecular formula is C12H18N4O. The fourth-order valence-corrected chi connectivity index (χ4v) is 3.05. The number of hydrogen-bond donors (Lipinski definition) is 2. The van der Waals surface area contributed by atoms with Gasteiger partial charge in [-0.05, 0) is 19.8 Å². The highest BCUT2D eigenvalue weighted by Gasteiger charge is 2.43.